The Labute approximate surface area is 103 Å². The van der Waals surface area contributed by atoms with E-state index in [1.807, 2.05) is 17.5 Å². The van der Waals surface area contributed by atoms with Crippen molar-refractivity contribution in [3.05, 3.63) is 52.0 Å². The molecule has 2 nitrogen and oxygen atoms in total. The molecule has 0 amide bonds. The van der Waals surface area contributed by atoms with Gasteiger partial charge in [0.25, 0.3) is 0 Å². The van der Waals surface area contributed by atoms with Crippen LogP contribution in [0.3, 0.4) is 0 Å². The number of thiophene rings is 1. The molecule has 1 N–H and O–H groups in total. The van der Waals surface area contributed by atoms with Gasteiger partial charge in [0, 0.05) is 10.4 Å². The molecule has 90 valence electrons. The van der Waals surface area contributed by atoms with Gasteiger partial charge < -0.3 is 9.84 Å². The van der Waals surface area contributed by atoms with Gasteiger partial charge in [-0.05, 0) is 36.6 Å². The summed E-state index contributed by atoms with van der Waals surface area (Å²) in [6.07, 6.45) is -0.746. The van der Waals surface area contributed by atoms with E-state index in [9.17, 15) is 9.50 Å². The average Bonchev–Trinajstić information content (AvgIpc) is 2.80. The van der Waals surface area contributed by atoms with E-state index in [4.69, 9.17) is 4.74 Å². The fraction of sp³-hybridized carbons (Fsp3) is 0.231. The number of ether oxygens (including phenoxy) is 1. The Hall–Kier alpha value is -1.39. The van der Waals surface area contributed by atoms with Gasteiger partial charge in [-0.25, -0.2) is 4.39 Å². The number of aliphatic hydroxyl groups excluding tert-OH is 1. The van der Waals surface area contributed by atoms with Crippen LogP contribution in [0, 0.1) is 5.82 Å². The third-order valence-corrected chi connectivity index (χ3v) is 3.22. The molecule has 1 heterocycles. The maximum atomic E-state index is 13.1. The van der Waals surface area contributed by atoms with Gasteiger partial charge in [0.1, 0.15) is 18.2 Å². The maximum absolute atomic E-state index is 13.1. The Morgan fingerprint density at radius 2 is 2.24 bits per heavy atom. The first-order chi connectivity index (χ1) is 8.16. The van der Waals surface area contributed by atoms with E-state index in [0.29, 0.717) is 17.9 Å². The van der Waals surface area contributed by atoms with Crippen molar-refractivity contribution in [1.29, 1.82) is 0 Å². The summed E-state index contributed by atoms with van der Waals surface area (Å²) in [6, 6.07) is 8.09. The molecule has 2 aromatic rings. The van der Waals surface area contributed by atoms with Crippen molar-refractivity contribution in [2.75, 3.05) is 0 Å². The lowest BCUT2D eigenvalue weighted by molar-refractivity contribution is 0.189. The summed E-state index contributed by atoms with van der Waals surface area (Å²) in [4.78, 5) is 1.09. The molecule has 0 aliphatic rings. The highest BCUT2D eigenvalue weighted by Crippen LogP contribution is 2.27. The zero-order valence-electron chi connectivity index (χ0n) is 9.39. The normalized spacial score (nSPS) is 12.4. The van der Waals surface area contributed by atoms with Crippen LogP contribution >= 0.6 is 11.3 Å². The van der Waals surface area contributed by atoms with Crippen LogP contribution in [0.25, 0.3) is 0 Å². The highest BCUT2D eigenvalue weighted by molar-refractivity contribution is 7.09. The van der Waals surface area contributed by atoms with Gasteiger partial charge in [-0.1, -0.05) is 6.07 Å². The molecule has 0 fully saturated rings. The molecule has 0 saturated heterocycles. The smallest absolute Gasteiger partial charge is 0.125 e. The minimum absolute atomic E-state index is 0.371. The molecular formula is C13H13FO2S. The van der Waals surface area contributed by atoms with Gasteiger partial charge in [0.15, 0.2) is 0 Å². The minimum Gasteiger partial charge on any atom is -0.488 e. The van der Waals surface area contributed by atoms with E-state index in [1.54, 1.807) is 24.3 Å². The van der Waals surface area contributed by atoms with Crippen LogP contribution in [0.15, 0.2) is 35.7 Å². The number of halogens is 1. The molecular weight excluding hydrogens is 239 g/mol. The molecule has 0 aliphatic heterocycles. The van der Waals surface area contributed by atoms with Crippen LogP contribution in [0.1, 0.15) is 23.5 Å². The molecule has 2 rings (SSSR count). The molecule has 4 heteroatoms. The maximum Gasteiger partial charge on any atom is 0.125 e. The monoisotopic (exact) mass is 252 g/mol. The van der Waals surface area contributed by atoms with Crippen molar-refractivity contribution in [2.24, 2.45) is 0 Å². The summed E-state index contributed by atoms with van der Waals surface area (Å²) in [6.45, 7) is 2.02. The van der Waals surface area contributed by atoms with Crippen molar-refractivity contribution in [3.63, 3.8) is 0 Å². The lowest BCUT2D eigenvalue weighted by Gasteiger charge is -2.12. The molecule has 1 aromatic heterocycles. The molecule has 1 atom stereocenters. The summed E-state index contributed by atoms with van der Waals surface area (Å²) >= 11 is 1.60. The second-order valence-corrected chi connectivity index (χ2v) is 4.76. The minimum atomic E-state index is -0.746. The van der Waals surface area contributed by atoms with E-state index < -0.39 is 6.10 Å². The fourth-order valence-electron chi connectivity index (χ4n) is 1.52. The van der Waals surface area contributed by atoms with Crippen LogP contribution in [-0.4, -0.2) is 5.11 Å². The average molecular weight is 252 g/mol. The van der Waals surface area contributed by atoms with Crippen molar-refractivity contribution < 1.29 is 14.2 Å². The standard InChI is InChI=1S/C13H13FO2S/c1-9(15)12-7-10(14)4-5-13(12)16-8-11-3-2-6-17-11/h2-7,9,15H,8H2,1H3/t9-/m0/s1. The first kappa shape index (κ1) is 12.1. The summed E-state index contributed by atoms with van der Waals surface area (Å²) in [5.41, 5.74) is 0.474. The van der Waals surface area contributed by atoms with E-state index in [1.165, 1.54) is 12.1 Å². The Balaban J connectivity index is 2.14. The molecule has 17 heavy (non-hydrogen) atoms. The summed E-state index contributed by atoms with van der Waals surface area (Å²) in [5.74, 6) is 0.152. The van der Waals surface area contributed by atoms with Crippen LogP contribution in [0.5, 0.6) is 5.75 Å². The third-order valence-electron chi connectivity index (χ3n) is 2.37. The molecule has 0 saturated carbocycles. The van der Waals surface area contributed by atoms with E-state index >= 15 is 0 Å². The number of benzene rings is 1. The predicted molar refractivity (Wildman–Crippen MR) is 65.7 cm³/mol. The largest absolute Gasteiger partial charge is 0.488 e. The molecule has 1 aromatic carbocycles. The number of aliphatic hydroxyl groups is 1. The van der Waals surface area contributed by atoms with Crippen molar-refractivity contribution in [2.45, 2.75) is 19.6 Å². The SMILES string of the molecule is C[C@H](O)c1cc(F)ccc1OCc1cccs1. The lowest BCUT2D eigenvalue weighted by Crippen LogP contribution is -2.00. The molecule has 0 spiro atoms. The van der Waals surface area contributed by atoms with Crippen molar-refractivity contribution in [3.8, 4) is 5.75 Å². The van der Waals surface area contributed by atoms with E-state index in [2.05, 4.69) is 0 Å². The van der Waals surface area contributed by atoms with Gasteiger partial charge in [-0.3, -0.25) is 0 Å². The Morgan fingerprint density at radius 3 is 2.88 bits per heavy atom. The number of hydrogen-bond donors (Lipinski definition) is 1. The van der Waals surface area contributed by atoms with Gasteiger partial charge >= 0.3 is 0 Å². The van der Waals surface area contributed by atoms with E-state index in [0.717, 1.165) is 4.88 Å². The zero-order valence-corrected chi connectivity index (χ0v) is 10.2. The highest BCUT2D eigenvalue weighted by Gasteiger charge is 2.10. The first-order valence-corrected chi connectivity index (χ1v) is 6.17. The first-order valence-electron chi connectivity index (χ1n) is 5.29. The van der Waals surface area contributed by atoms with Crippen LogP contribution < -0.4 is 4.74 Å². The Kier molecular flexibility index (Phi) is 3.76. The van der Waals surface area contributed by atoms with Crippen LogP contribution in [0.4, 0.5) is 4.39 Å². The number of hydrogen-bond acceptors (Lipinski definition) is 3. The van der Waals surface area contributed by atoms with Gasteiger partial charge in [-0.15, -0.1) is 11.3 Å². The Bertz CT molecular complexity index is 480. The van der Waals surface area contributed by atoms with E-state index in [-0.39, 0.29) is 5.82 Å². The van der Waals surface area contributed by atoms with Crippen molar-refractivity contribution in [1.82, 2.24) is 0 Å². The molecule has 0 unspecified atom stereocenters. The van der Waals surface area contributed by atoms with Crippen molar-refractivity contribution >= 4 is 11.3 Å². The Morgan fingerprint density at radius 1 is 1.41 bits per heavy atom. The summed E-state index contributed by atoms with van der Waals surface area (Å²) in [5, 5.41) is 11.5. The second kappa shape index (κ2) is 5.29. The zero-order chi connectivity index (χ0) is 12.3. The second-order valence-electron chi connectivity index (χ2n) is 3.73. The molecule has 0 radical (unpaired) electrons. The fourth-order valence-corrected chi connectivity index (χ4v) is 2.14. The predicted octanol–water partition coefficient (Wildman–Crippen LogP) is 3.52. The van der Waals surface area contributed by atoms with Crippen LogP contribution in [0.2, 0.25) is 0 Å². The van der Waals surface area contributed by atoms with Gasteiger partial charge in [0.2, 0.25) is 0 Å². The van der Waals surface area contributed by atoms with Gasteiger partial charge in [-0.2, -0.15) is 0 Å². The van der Waals surface area contributed by atoms with Crippen LogP contribution in [-0.2, 0) is 6.61 Å². The number of rotatable bonds is 4. The summed E-state index contributed by atoms with van der Waals surface area (Å²) < 4.78 is 18.6. The third kappa shape index (κ3) is 3.05. The lowest BCUT2D eigenvalue weighted by atomic mass is 10.1. The summed E-state index contributed by atoms with van der Waals surface area (Å²) in [7, 11) is 0. The quantitative estimate of drug-likeness (QED) is 0.902. The molecule has 0 aliphatic carbocycles. The van der Waals surface area contributed by atoms with Gasteiger partial charge in [0.05, 0.1) is 6.10 Å². The highest BCUT2D eigenvalue weighted by atomic mass is 32.1. The topological polar surface area (TPSA) is 29.5 Å². The molecule has 0 bridgehead atoms.